The lowest BCUT2D eigenvalue weighted by molar-refractivity contribution is -0.122. The zero-order valence-corrected chi connectivity index (χ0v) is 12.7. The summed E-state index contributed by atoms with van der Waals surface area (Å²) in [6.45, 7) is 2.09. The monoisotopic (exact) mass is 295 g/mol. The van der Waals surface area contributed by atoms with Crippen LogP contribution in [0.5, 0.6) is 0 Å². The quantitative estimate of drug-likeness (QED) is 0.553. The summed E-state index contributed by atoms with van der Waals surface area (Å²) in [6, 6.07) is 7.52. The highest BCUT2D eigenvalue weighted by Crippen LogP contribution is 2.14. The van der Waals surface area contributed by atoms with Crippen LogP contribution < -0.4 is 11.1 Å². The number of nitrogens with zero attached hydrogens (tertiary/aromatic N) is 1. The van der Waals surface area contributed by atoms with Gasteiger partial charge in [0.1, 0.15) is 0 Å². The van der Waals surface area contributed by atoms with E-state index in [9.17, 15) is 9.90 Å². The van der Waals surface area contributed by atoms with Gasteiger partial charge in [0.2, 0.25) is 5.91 Å². The maximum absolute atomic E-state index is 11.6. The highest BCUT2D eigenvalue weighted by Gasteiger charge is 2.13. The molecule has 1 atom stereocenters. The first-order valence-corrected chi connectivity index (χ1v) is 6.98. The number of hydrogen-bond acceptors (Lipinski definition) is 5. The summed E-state index contributed by atoms with van der Waals surface area (Å²) in [5.74, 6) is -0.0831. The van der Waals surface area contributed by atoms with Gasteiger partial charge in [0.05, 0.1) is 19.3 Å². The van der Waals surface area contributed by atoms with Crippen LogP contribution in [0.3, 0.4) is 0 Å². The molecule has 6 nitrogen and oxygen atoms in total. The Kier molecular flexibility index (Phi) is 7.92. The van der Waals surface area contributed by atoms with E-state index in [1.165, 1.54) is 0 Å². The molecule has 1 rings (SSSR count). The van der Waals surface area contributed by atoms with Gasteiger partial charge in [-0.25, -0.2) is 0 Å². The Morgan fingerprint density at radius 3 is 2.67 bits per heavy atom. The number of amides is 1. The predicted molar refractivity (Wildman–Crippen MR) is 81.7 cm³/mol. The highest BCUT2D eigenvalue weighted by atomic mass is 16.5. The van der Waals surface area contributed by atoms with E-state index in [-0.39, 0.29) is 12.5 Å². The summed E-state index contributed by atoms with van der Waals surface area (Å²) in [4.78, 5) is 13.4. The summed E-state index contributed by atoms with van der Waals surface area (Å²) in [7, 11) is 3.39. The molecule has 0 saturated carbocycles. The van der Waals surface area contributed by atoms with Gasteiger partial charge in [0.15, 0.2) is 0 Å². The van der Waals surface area contributed by atoms with Crippen molar-refractivity contribution in [1.82, 2.24) is 10.2 Å². The van der Waals surface area contributed by atoms with Gasteiger partial charge in [-0.15, -0.1) is 0 Å². The van der Waals surface area contributed by atoms with E-state index in [2.05, 4.69) is 5.32 Å². The number of carbonyl (C=O) groups is 1. The molecule has 6 heteroatoms. The predicted octanol–water partition coefficient (Wildman–Crippen LogP) is -0.127. The second-order valence-electron chi connectivity index (χ2n) is 5.00. The Balaban J connectivity index is 2.38. The number of hydrogen-bond donors (Lipinski definition) is 3. The molecule has 1 unspecified atom stereocenters. The molecule has 0 aromatic heterocycles. The average molecular weight is 295 g/mol. The summed E-state index contributed by atoms with van der Waals surface area (Å²) in [5, 5.41) is 12.9. The molecule has 0 spiro atoms. The zero-order chi connectivity index (χ0) is 15.7. The number of ether oxygens (including phenoxy) is 1. The van der Waals surface area contributed by atoms with Gasteiger partial charge in [0, 0.05) is 26.7 Å². The van der Waals surface area contributed by atoms with Crippen molar-refractivity contribution in [2.75, 3.05) is 40.4 Å². The van der Waals surface area contributed by atoms with Gasteiger partial charge >= 0.3 is 0 Å². The van der Waals surface area contributed by atoms with Crippen molar-refractivity contribution in [2.45, 2.75) is 12.6 Å². The molecular weight excluding hydrogens is 270 g/mol. The van der Waals surface area contributed by atoms with E-state index in [0.717, 1.165) is 11.1 Å². The molecule has 1 aromatic carbocycles. The normalized spacial score (nSPS) is 12.4. The van der Waals surface area contributed by atoms with Crippen LogP contribution in [0.4, 0.5) is 0 Å². The van der Waals surface area contributed by atoms with Crippen LogP contribution in [0.25, 0.3) is 0 Å². The van der Waals surface area contributed by atoms with Crippen LogP contribution >= 0.6 is 0 Å². The van der Waals surface area contributed by atoms with Gasteiger partial charge in [0.25, 0.3) is 0 Å². The topological polar surface area (TPSA) is 87.8 Å². The van der Waals surface area contributed by atoms with Crippen molar-refractivity contribution in [1.29, 1.82) is 0 Å². The lowest BCUT2D eigenvalue weighted by atomic mass is 10.1. The van der Waals surface area contributed by atoms with Crippen molar-refractivity contribution >= 4 is 5.91 Å². The highest BCUT2D eigenvalue weighted by molar-refractivity contribution is 5.77. The third-order valence-corrected chi connectivity index (χ3v) is 3.13. The molecule has 0 aliphatic rings. The van der Waals surface area contributed by atoms with Crippen molar-refractivity contribution in [3.05, 3.63) is 35.4 Å². The molecule has 118 valence electrons. The van der Waals surface area contributed by atoms with Gasteiger partial charge < -0.3 is 20.9 Å². The van der Waals surface area contributed by atoms with Crippen molar-refractivity contribution in [3.63, 3.8) is 0 Å². The molecule has 0 aliphatic carbocycles. The number of aliphatic hydroxyl groups excluding tert-OH is 1. The third kappa shape index (κ3) is 6.68. The maximum atomic E-state index is 11.6. The van der Waals surface area contributed by atoms with E-state index >= 15 is 0 Å². The Bertz CT molecular complexity index is 423. The number of nitrogens with one attached hydrogen (secondary N) is 1. The molecule has 0 heterocycles. The van der Waals surface area contributed by atoms with Crippen LogP contribution in [-0.4, -0.2) is 56.3 Å². The van der Waals surface area contributed by atoms with Crippen molar-refractivity contribution < 1.29 is 14.6 Å². The first-order valence-electron chi connectivity index (χ1n) is 6.98. The van der Waals surface area contributed by atoms with E-state index in [1.54, 1.807) is 19.1 Å². The second-order valence-corrected chi connectivity index (χ2v) is 5.00. The van der Waals surface area contributed by atoms with Crippen molar-refractivity contribution in [2.24, 2.45) is 5.73 Å². The lowest BCUT2D eigenvalue weighted by Gasteiger charge is -2.20. The number of rotatable bonds is 9. The molecule has 0 saturated heterocycles. The summed E-state index contributed by atoms with van der Waals surface area (Å²) in [5.41, 5.74) is 7.38. The molecule has 0 aliphatic heterocycles. The van der Waals surface area contributed by atoms with Gasteiger partial charge in [-0.05, 0) is 18.2 Å². The fraction of sp³-hybridized carbons (Fsp3) is 0.533. The van der Waals surface area contributed by atoms with Crippen LogP contribution in [0, 0.1) is 0 Å². The smallest absolute Gasteiger partial charge is 0.234 e. The molecule has 21 heavy (non-hydrogen) atoms. The minimum atomic E-state index is -0.631. The molecule has 4 N–H and O–H groups in total. The van der Waals surface area contributed by atoms with E-state index in [1.807, 2.05) is 24.3 Å². The van der Waals surface area contributed by atoms with E-state index in [0.29, 0.717) is 26.2 Å². The first kappa shape index (κ1) is 17.6. The third-order valence-electron chi connectivity index (χ3n) is 3.13. The molecule has 0 fully saturated rings. The lowest BCUT2D eigenvalue weighted by Crippen LogP contribution is -2.38. The average Bonchev–Trinajstić information content (AvgIpc) is 2.47. The Labute approximate surface area is 125 Å². The molecule has 0 radical (unpaired) electrons. The molecule has 1 aromatic rings. The summed E-state index contributed by atoms with van der Waals surface area (Å²) in [6.07, 6.45) is -0.631. The Hall–Kier alpha value is -1.47. The SMILES string of the molecule is COCCNC(=O)CN(C)CC(O)c1ccc(CN)cc1. The molecule has 1 amide bonds. The molecular formula is C15H25N3O3. The number of likely N-dealkylation sites (N-methyl/N-ethyl adjacent to an activating group) is 1. The van der Waals surface area contributed by atoms with Gasteiger partial charge in [-0.1, -0.05) is 24.3 Å². The fourth-order valence-corrected chi connectivity index (χ4v) is 1.93. The summed E-state index contributed by atoms with van der Waals surface area (Å²) >= 11 is 0. The Morgan fingerprint density at radius 1 is 1.43 bits per heavy atom. The number of aliphatic hydroxyl groups is 1. The van der Waals surface area contributed by atoms with E-state index in [4.69, 9.17) is 10.5 Å². The number of nitrogens with two attached hydrogens (primary N) is 1. The number of methoxy groups -OCH3 is 1. The molecule has 0 bridgehead atoms. The first-order chi connectivity index (χ1) is 10.1. The summed E-state index contributed by atoms with van der Waals surface area (Å²) < 4.78 is 4.86. The van der Waals surface area contributed by atoms with Crippen LogP contribution in [-0.2, 0) is 16.1 Å². The van der Waals surface area contributed by atoms with Crippen molar-refractivity contribution in [3.8, 4) is 0 Å². The Morgan fingerprint density at radius 2 is 2.10 bits per heavy atom. The standard InChI is InChI=1S/C15H25N3O3/c1-18(11-15(20)17-7-8-21-2)10-14(19)13-5-3-12(9-16)4-6-13/h3-6,14,19H,7-11,16H2,1-2H3,(H,17,20). The van der Waals surface area contributed by atoms with E-state index < -0.39 is 6.10 Å². The maximum Gasteiger partial charge on any atom is 0.234 e. The van der Waals surface area contributed by atoms with Crippen LogP contribution in [0.15, 0.2) is 24.3 Å². The minimum absolute atomic E-state index is 0.0831. The minimum Gasteiger partial charge on any atom is -0.387 e. The number of carbonyl (C=O) groups excluding carboxylic acids is 1. The second kappa shape index (κ2) is 9.46. The largest absolute Gasteiger partial charge is 0.387 e. The van der Waals surface area contributed by atoms with Gasteiger partial charge in [-0.3, -0.25) is 9.69 Å². The number of benzene rings is 1. The fourth-order valence-electron chi connectivity index (χ4n) is 1.93. The zero-order valence-electron chi connectivity index (χ0n) is 12.7. The van der Waals surface area contributed by atoms with Crippen LogP contribution in [0.2, 0.25) is 0 Å². The van der Waals surface area contributed by atoms with Gasteiger partial charge in [-0.2, -0.15) is 0 Å². The van der Waals surface area contributed by atoms with Crippen LogP contribution in [0.1, 0.15) is 17.2 Å².